The summed E-state index contributed by atoms with van der Waals surface area (Å²) in [6.07, 6.45) is 3.19. The van der Waals surface area contributed by atoms with E-state index in [0.717, 1.165) is 0 Å². The number of aliphatic hydroxyl groups is 1. The average Bonchev–Trinajstić information content (AvgIpc) is 2.46. The van der Waals surface area contributed by atoms with Crippen LogP contribution in [0.1, 0.15) is 32.8 Å². The molecule has 0 spiro atoms. The summed E-state index contributed by atoms with van der Waals surface area (Å²) in [5.41, 5.74) is 0.523. The fraction of sp³-hybridized carbons (Fsp3) is 0.533. The second-order valence-corrected chi connectivity index (χ2v) is 7.19. The van der Waals surface area contributed by atoms with Gasteiger partial charge in [0.25, 0.3) is 0 Å². The minimum absolute atomic E-state index is 0.0208. The first-order chi connectivity index (χ1) is 9.80. The Labute approximate surface area is 127 Å². The molecule has 1 aromatic heterocycles. The number of sulfonamides is 1. The number of pyridine rings is 1. The number of aliphatic hydroxyl groups excluding tert-OH is 1. The minimum Gasteiger partial charge on any atom is -0.395 e. The molecule has 0 aliphatic rings. The summed E-state index contributed by atoms with van der Waals surface area (Å²) in [6, 6.07) is 1.40. The minimum atomic E-state index is -3.58. The predicted molar refractivity (Wildman–Crippen MR) is 82.1 cm³/mol. The quantitative estimate of drug-likeness (QED) is 0.836. The van der Waals surface area contributed by atoms with Gasteiger partial charge in [-0.3, -0.25) is 4.98 Å². The van der Waals surface area contributed by atoms with Crippen LogP contribution in [0.15, 0.2) is 23.4 Å². The van der Waals surface area contributed by atoms with Crippen molar-refractivity contribution in [3.05, 3.63) is 24.0 Å². The average molecular weight is 310 g/mol. The van der Waals surface area contributed by atoms with Gasteiger partial charge in [0.2, 0.25) is 10.0 Å². The Morgan fingerprint density at radius 1 is 1.33 bits per heavy atom. The lowest BCUT2D eigenvalue weighted by atomic mass is 10.1. The van der Waals surface area contributed by atoms with E-state index in [4.69, 9.17) is 5.11 Å². The van der Waals surface area contributed by atoms with Gasteiger partial charge in [-0.1, -0.05) is 25.7 Å². The zero-order valence-electron chi connectivity index (χ0n) is 12.9. The third kappa shape index (κ3) is 4.53. The van der Waals surface area contributed by atoms with Crippen LogP contribution in [0.4, 0.5) is 0 Å². The van der Waals surface area contributed by atoms with E-state index in [2.05, 4.69) is 16.8 Å². The van der Waals surface area contributed by atoms with E-state index in [1.807, 2.05) is 20.8 Å². The maximum absolute atomic E-state index is 12.6. The fourth-order valence-corrected chi connectivity index (χ4v) is 3.14. The molecule has 5 nitrogen and oxygen atoms in total. The van der Waals surface area contributed by atoms with Gasteiger partial charge in [-0.15, -0.1) is 0 Å². The molecule has 0 aromatic carbocycles. The van der Waals surface area contributed by atoms with Gasteiger partial charge in [0.15, 0.2) is 0 Å². The Balaban J connectivity index is 3.10. The molecule has 0 aliphatic heterocycles. The highest BCUT2D eigenvalue weighted by atomic mass is 32.2. The van der Waals surface area contributed by atoms with E-state index in [1.165, 1.54) is 22.8 Å². The van der Waals surface area contributed by atoms with E-state index in [9.17, 15) is 8.42 Å². The number of aromatic nitrogens is 1. The third-order valence-electron chi connectivity index (χ3n) is 3.40. The van der Waals surface area contributed by atoms with Crippen molar-refractivity contribution in [2.24, 2.45) is 5.92 Å². The van der Waals surface area contributed by atoms with Gasteiger partial charge < -0.3 is 5.11 Å². The number of nitrogens with zero attached hydrogens (tertiary/aromatic N) is 2. The van der Waals surface area contributed by atoms with E-state index in [-0.39, 0.29) is 23.5 Å². The first-order valence-electron chi connectivity index (χ1n) is 6.83. The van der Waals surface area contributed by atoms with Gasteiger partial charge in [-0.05, 0) is 18.9 Å². The molecule has 21 heavy (non-hydrogen) atoms. The summed E-state index contributed by atoms with van der Waals surface area (Å²) in [7, 11) is -2.01. The van der Waals surface area contributed by atoms with Crippen LogP contribution in [0.5, 0.6) is 0 Å². The van der Waals surface area contributed by atoms with E-state index < -0.39 is 10.0 Å². The number of hydrogen-bond acceptors (Lipinski definition) is 4. The summed E-state index contributed by atoms with van der Waals surface area (Å²) >= 11 is 0. The van der Waals surface area contributed by atoms with Gasteiger partial charge in [-0.2, -0.15) is 4.31 Å². The normalized spacial score (nSPS) is 13.1. The van der Waals surface area contributed by atoms with Crippen molar-refractivity contribution in [3.63, 3.8) is 0 Å². The maximum atomic E-state index is 12.6. The molecule has 1 rings (SSSR count). The van der Waals surface area contributed by atoms with E-state index >= 15 is 0 Å². The van der Waals surface area contributed by atoms with Crippen LogP contribution in [-0.4, -0.2) is 42.5 Å². The van der Waals surface area contributed by atoms with Crippen LogP contribution >= 0.6 is 0 Å². The molecular formula is C15H22N2O3S. The molecule has 1 heterocycles. The van der Waals surface area contributed by atoms with Gasteiger partial charge in [0.05, 0.1) is 6.61 Å². The lowest BCUT2D eigenvalue weighted by molar-refractivity contribution is 0.305. The molecule has 1 N–H and O–H groups in total. The first-order valence-corrected chi connectivity index (χ1v) is 8.27. The molecule has 6 heteroatoms. The maximum Gasteiger partial charge on any atom is 0.244 e. The SMILES string of the molecule is CC(C)C(C)N(C)S(=O)(=O)c1cncc(C#CCCO)c1. The largest absolute Gasteiger partial charge is 0.395 e. The lowest BCUT2D eigenvalue weighted by Gasteiger charge is -2.27. The molecule has 0 fully saturated rings. The van der Waals surface area contributed by atoms with Gasteiger partial charge in [0.1, 0.15) is 4.90 Å². The fourth-order valence-electron chi connectivity index (χ4n) is 1.65. The lowest BCUT2D eigenvalue weighted by Crippen LogP contribution is -2.38. The van der Waals surface area contributed by atoms with Crippen molar-refractivity contribution >= 4 is 10.0 Å². The molecule has 0 saturated heterocycles. The highest BCUT2D eigenvalue weighted by Gasteiger charge is 2.27. The van der Waals surface area contributed by atoms with Crippen LogP contribution in [0.2, 0.25) is 0 Å². The Bertz CT molecular complexity index is 630. The number of hydrogen-bond donors (Lipinski definition) is 1. The smallest absolute Gasteiger partial charge is 0.244 e. The Morgan fingerprint density at radius 3 is 2.57 bits per heavy atom. The van der Waals surface area contributed by atoms with Crippen LogP contribution < -0.4 is 0 Å². The van der Waals surface area contributed by atoms with E-state index in [1.54, 1.807) is 7.05 Å². The van der Waals surface area contributed by atoms with Crippen molar-refractivity contribution in [1.29, 1.82) is 0 Å². The Kier molecular flexibility index (Phi) is 6.34. The zero-order chi connectivity index (χ0) is 16.0. The standard InChI is InChI=1S/C15H22N2O3S/c1-12(2)13(3)17(4)21(19,20)15-9-14(10-16-11-15)7-5-6-8-18/h9-13,18H,6,8H2,1-4H3. The van der Waals surface area contributed by atoms with Crippen LogP contribution in [0, 0.1) is 17.8 Å². The predicted octanol–water partition coefficient (Wildman–Crippen LogP) is 1.48. The Hall–Kier alpha value is -1.42. The molecule has 0 bridgehead atoms. The second kappa shape index (κ2) is 7.55. The van der Waals surface area contributed by atoms with Crippen molar-refractivity contribution < 1.29 is 13.5 Å². The van der Waals surface area contributed by atoms with Crippen LogP contribution in [-0.2, 0) is 10.0 Å². The zero-order valence-corrected chi connectivity index (χ0v) is 13.7. The molecule has 116 valence electrons. The van der Waals surface area contributed by atoms with Crippen molar-refractivity contribution in [2.75, 3.05) is 13.7 Å². The number of rotatable bonds is 5. The first kappa shape index (κ1) is 17.6. The molecule has 0 saturated carbocycles. The highest BCUT2D eigenvalue weighted by Crippen LogP contribution is 2.19. The molecule has 0 radical (unpaired) electrons. The summed E-state index contributed by atoms with van der Waals surface area (Å²) < 4.78 is 26.5. The molecule has 0 aliphatic carbocycles. The summed E-state index contributed by atoms with van der Waals surface area (Å²) in [6.45, 7) is 5.81. The summed E-state index contributed by atoms with van der Waals surface area (Å²) in [5.74, 6) is 5.76. The molecule has 1 atom stereocenters. The van der Waals surface area contributed by atoms with Gasteiger partial charge >= 0.3 is 0 Å². The summed E-state index contributed by atoms with van der Waals surface area (Å²) in [4.78, 5) is 4.08. The van der Waals surface area contributed by atoms with Crippen LogP contribution in [0.3, 0.4) is 0 Å². The highest BCUT2D eigenvalue weighted by molar-refractivity contribution is 7.89. The molecule has 0 amide bonds. The van der Waals surface area contributed by atoms with E-state index in [0.29, 0.717) is 12.0 Å². The van der Waals surface area contributed by atoms with Gasteiger partial charge in [0, 0.05) is 37.5 Å². The van der Waals surface area contributed by atoms with Crippen molar-refractivity contribution in [3.8, 4) is 11.8 Å². The molecule has 1 unspecified atom stereocenters. The second-order valence-electron chi connectivity index (χ2n) is 5.19. The monoisotopic (exact) mass is 310 g/mol. The van der Waals surface area contributed by atoms with Crippen molar-refractivity contribution in [2.45, 2.75) is 38.1 Å². The Morgan fingerprint density at radius 2 is 2.00 bits per heavy atom. The van der Waals surface area contributed by atoms with Gasteiger partial charge in [-0.25, -0.2) is 8.42 Å². The summed E-state index contributed by atoms with van der Waals surface area (Å²) in [5, 5.41) is 8.69. The molecule has 1 aromatic rings. The topological polar surface area (TPSA) is 70.5 Å². The third-order valence-corrected chi connectivity index (χ3v) is 5.31. The van der Waals surface area contributed by atoms with Crippen molar-refractivity contribution in [1.82, 2.24) is 9.29 Å². The molecular weight excluding hydrogens is 288 g/mol. The van der Waals surface area contributed by atoms with Crippen LogP contribution in [0.25, 0.3) is 0 Å².